The minimum atomic E-state index is -0.137. The molecule has 0 amide bonds. The van der Waals surface area contributed by atoms with E-state index in [-0.39, 0.29) is 6.17 Å². The Kier molecular flexibility index (Phi) is 3.99. The Morgan fingerprint density at radius 2 is 2.12 bits per heavy atom. The highest BCUT2D eigenvalue weighted by molar-refractivity contribution is 5.60. The highest BCUT2D eigenvalue weighted by Gasteiger charge is 2.18. The van der Waals surface area contributed by atoms with E-state index in [0.717, 1.165) is 24.4 Å². The van der Waals surface area contributed by atoms with Crippen LogP contribution in [0.1, 0.15) is 23.5 Å². The SMILES string of the molecule is N#Cc1nccnc1N1C=Cn2c(C#CC3N=CCCN3)ccc2C1. The van der Waals surface area contributed by atoms with E-state index in [9.17, 15) is 5.26 Å². The van der Waals surface area contributed by atoms with Crippen molar-refractivity contribution in [2.45, 2.75) is 19.1 Å². The van der Waals surface area contributed by atoms with Gasteiger partial charge in [0.1, 0.15) is 6.07 Å². The van der Waals surface area contributed by atoms with Crippen LogP contribution in [0.3, 0.4) is 0 Å². The molecule has 1 N–H and O–H groups in total. The van der Waals surface area contributed by atoms with Crippen molar-refractivity contribution in [1.82, 2.24) is 19.9 Å². The summed E-state index contributed by atoms with van der Waals surface area (Å²) >= 11 is 0. The zero-order valence-corrected chi connectivity index (χ0v) is 13.4. The first-order valence-corrected chi connectivity index (χ1v) is 7.98. The predicted molar refractivity (Wildman–Crippen MR) is 94.5 cm³/mol. The summed E-state index contributed by atoms with van der Waals surface area (Å²) in [5, 5.41) is 12.4. The molecule has 0 saturated heterocycles. The van der Waals surface area contributed by atoms with E-state index >= 15 is 0 Å². The molecule has 0 radical (unpaired) electrons. The lowest BCUT2D eigenvalue weighted by Crippen LogP contribution is -2.30. The zero-order chi connectivity index (χ0) is 17.1. The molecule has 0 aromatic carbocycles. The third kappa shape index (κ3) is 3.01. The number of rotatable bonds is 1. The van der Waals surface area contributed by atoms with Gasteiger partial charge in [0.15, 0.2) is 17.7 Å². The molecule has 0 fully saturated rings. The van der Waals surface area contributed by atoms with Gasteiger partial charge in [-0.25, -0.2) is 9.97 Å². The summed E-state index contributed by atoms with van der Waals surface area (Å²) in [7, 11) is 0. The average molecular weight is 329 g/mol. The van der Waals surface area contributed by atoms with E-state index in [1.54, 1.807) is 6.20 Å². The van der Waals surface area contributed by atoms with Gasteiger partial charge in [0.2, 0.25) is 0 Å². The summed E-state index contributed by atoms with van der Waals surface area (Å²) in [6.07, 6.45) is 9.65. The number of hydrogen-bond acceptors (Lipinski definition) is 6. The minimum Gasteiger partial charge on any atom is -0.323 e. The molecule has 2 aliphatic rings. The van der Waals surface area contributed by atoms with Gasteiger partial charge in [0, 0.05) is 43.2 Å². The molecule has 0 spiro atoms. The molecule has 7 nitrogen and oxygen atoms in total. The Hall–Kier alpha value is -3.42. The van der Waals surface area contributed by atoms with E-state index in [2.05, 4.69) is 38.2 Å². The number of aliphatic imine (C=N–C) groups is 1. The molecule has 0 saturated carbocycles. The second kappa shape index (κ2) is 6.60. The Morgan fingerprint density at radius 1 is 1.20 bits per heavy atom. The van der Waals surface area contributed by atoms with E-state index < -0.39 is 0 Å². The lowest BCUT2D eigenvalue weighted by molar-refractivity contribution is 0.619. The first-order valence-electron chi connectivity index (χ1n) is 7.98. The van der Waals surface area contributed by atoms with E-state index in [1.807, 2.05) is 40.2 Å². The van der Waals surface area contributed by atoms with Crippen molar-refractivity contribution >= 4 is 18.2 Å². The second-order valence-electron chi connectivity index (χ2n) is 5.59. The summed E-state index contributed by atoms with van der Waals surface area (Å²) in [6, 6.07) is 6.10. The van der Waals surface area contributed by atoms with Gasteiger partial charge in [-0.05, 0) is 24.5 Å². The fourth-order valence-corrected chi connectivity index (χ4v) is 2.78. The number of hydrogen-bond donors (Lipinski definition) is 1. The molecular formula is C18H15N7. The van der Waals surface area contributed by atoms with Crippen molar-refractivity contribution in [3.05, 3.63) is 47.8 Å². The molecular weight excluding hydrogens is 314 g/mol. The molecule has 0 bridgehead atoms. The number of fused-ring (bicyclic) bond motifs is 1. The largest absolute Gasteiger partial charge is 0.323 e. The van der Waals surface area contributed by atoms with Crippen molar-refractivity contribution in [3.8, 4) is 17.9 Å². The molecule has 0 aliphatic carbocycles. The van der Waals surface area contributed by atoms with Crippen LogP contribution in [0, 0.1) is 23.2 Å². The number of aromatic nitrogens is 3. The molecule has 122 valence electrons. The van der Waals surface area contributed by atoms with E-state index in [4.69, 9.17) is 0 Å². The van der Waals surface area contributed by atoms with Crippen molar-refractivity contribution in [2.24, 2.45) is 4.99 Å². The number of nitrogens with zero attached hydrogens (tertiary/aromatic N) is 6. The van der Waals surface area contributed by atoms with Crippen molar-refractivity contribution in [3.63, 3.8) is 0 Å². The van der Waals surface area contributed by atoms with Crippen molar-refractivity contribution in [1.29, 1.82) is 5.26 Å². The molecule has 2 aromatic heterocycles. The van der Waals surface area contributed by atoms with Crippen LogP contribution in [-0.2, 0) is 6.54 Å². The van der Waals surface area contributed by atoms with Crippen molar-refractivity contribution < 1.29 is 0 Å². The van der Waals surface area contributed by atoms with E-state index in [0.29, 0.717) is 18.1 Å². The molecule has 4 heterocycles. The molecule has 2 aliphatic heterocycles. The Morgan fingerprint density at radius 3 is 2.96 bits per heavy atom. The topological polar surface area (TPSA) is 82.1 Å². The summed E-state index contributed by atoms with van der Waals surface area (Å²) in [6.45, 7) is 1.51. The van der Waals surface area contributed by atoms with Gasteiger partial charge in [-0.2, -0.15) is 5.26 Å². The quantitative estimate of drug-likeness (QED) is 0.799. The standard InChI is InChI=1S/C18H15N7/c19-12-16-18(23-9-8-20-16)24-10-11-25-14(2-3-15(25)13-24)4-5-17-21-6-1-7-22-17/h2-3,6,8-11,17,22H,1,7,13H2. The number of nitrogens with one attached hydrogen (secondary N) is 1. The first kappa shape index (κ1) is 15.1. The van der Waals surface area contributed by atoms with Crippen molar-refractivity contribution in [2.75, 3.05) is 11.4 Å². The molecule has 25 heavy (non-hydrogen) atoms. The van der Waals surface area contributed by atoms with Gasteiger partial charge in [0.25, 0.3) is 0 Å². The average Bonchev–Trinajstić information content (AvgIpc) is 3.09. The maximum Gasteiger partial charge on any atom is 0.183 e. The van der Waals surface area contributed by atoms with Gasteiger partial charge in [-0.3, -0.25) is 10.3 Å². The van der Waals surface area contributed by atoms with Gasteiger partial charge >= 0.3 is 0 Å². The monoisotopic (exact) mass is 329 g/mol. The molecule has 1 atom stereocenters. The molecule has 2 aromatic rings. The molecule has 4 rings (SSSR count). The van der Waals surface area contributed by atoms with Crippen LogP contribution in [-0.4, -0.2) is 33.5 Å². The third-order valence-corrected chi connectivity index (χ3v) is 3.99. The lowest BCUT2D eigenvalue weighted by atomic mass is 10.3. The van der Waals surface area contributed by atoms with Crippen LogP contribution < -0.4 is 10.2 Å². The number of anilines is 1. The maximum atomic E-state index is 9.20. The van der Waals surface area contributed by atoms with Gasteiger partial charge in [-0.15, -0.1) is 0 Å². The minimum absolute atomic E-state index is 0.137. The fourth-order valence-electron chi connectivity index (χ4n) is 2.78. The summed E-state index contributed by atoms with van der Waals surface area (Å²) in [4.78, 5) is 14.6. The molecule has 7 heteroatoms. The fraction of sp³-hybridized carbons (Fsp3) is 0.222. The first-order chi connectivity index (χ1) is 12.3. The smallest absolute Gasteiger partial charge is 0.183 e. The Labute approximate surface area is 145 Å². The van der Waals surface area contributed by atoms with E-state index in [1.165, 1.54) is 6.20 Å². The maximum absolute atomic E-state index is 9.20. The Bertz CT molecular complexity index is 952. The van der Waals surface area contributed by atoms with Gasteiger partial charge < -0.3 is 9.47 Å². The van der Waals surface area contributed by atoms with Crippen LogP contribution in [0.15, 0.2) is 35.7 Å². The predicted octanol–water partition coefficient (Wildman–Crippen LogP) is 1.34. The van der Waals surface area contributed by atoms with Crippen LogP contribution in [0.5, 0.6) is 0 Å². The van der Waals surface area contributed by atoms with Crippen LogP contribution in [0.25, 0.3) is 6.20 Å². The van der Waals surface area contributed by atoms with Gasteiger partial charge in [-0.1, -0.05) is 5.92 Å². The lowest BCUT2D eigenvalue weighted by Gasteiger charge is -2.24. The summed E-state index contributed by atoms with van der Waals surface area (Å²) in [5.74, 6) is 6.89. The molecule has 1 unspecified atom stereocenters. The normalized spacial score (nSPS) is 18.2. The third-order valence-electron chi connectivity index (χ3n) is 3.99. The van der Waals surface area contributed by atoms with Crippen LogP contribution in [0.4, 0.5) is 5.82 Å². The van der Waals surface area contributed by atoms with Gasteiger partial charge in [0.05, 0.1) is 12.2 Å². The van der Waals surface area contributed by atoms with Crippen LogP contribution >= 0.6 is 0 Å². The highest BCUT2D eigenvalue weighted by Crippen LogP contribution is 2.23. The number of nitriles is 1. The summed E-state index contributed by atoms with van der Waals surface area (Å²) < 4.78 is 2.04. The Balaban J connectivity index is 1.58. The highest BCUT2D eigenvalue weighted by atomic mass is 15.2. The second-order valence-corrected chi connectivity index (χ2v) is 5.59. The zero-order valence-electron chi connectivity index (χ0n) is 13.4. The van der Waals surface area contributed by atoms with Crippen LogP contribution in [0.2, 0.25) is 0 Å². The summed E-state index contributed by atoms with van der Waals surface area (Å²) in [5.41, 5.74) is 2.29.